The number of piperidine rings is 1. The molecule has 1 aliphatic rings. The molecule has 82 valence electrons. The van der Waals surface area contributed by atoms with Gasteiger partial charge in [-0.3, -0.25) is 4.79 Å². The largest absolute Gasteiger partial charge is 0.481 e. The molecule has 0 amide bonds. The van der Waals surface area contributed by atoms with Crippen molar-refractivity contribution in [3.8, 4) is 0 Å². The smallest absolute Gasteiger partial charge is 0.308 e. The van der Waals surface area contributed by atoms with Crippen molar-refractivity contribution in [3.05, 3.63) is 5.01 Å². The molecule has 6 heteroatoms. The van der Waals surface area contributed by atoms with Gasteiger partial charge in [0.25, 0.3) is 0 Å². The van der Waals surface area contributed by atoms with Gasteiger partial charge in [0.15, 0.2) is 0 Å². The number of aryl methyl sites for hydroxylation is 1. The minimum atomic E-state index is -0.707. The second-order valence-electron chi connectivity index (χ2n) is 3.73. The Balaban J connectivity index is 2.07. The van der Waals surface area contributed by atoms with Gasteiger partial charge < -0.3 is 10.0 Å². The predicted octanol–water partition coefficient (Wildman–Crippen LogP) is 1.15. The number of rotatable bonds is 2. The highest BCUT2D eigenvalue weighted by Gasteiger charge is 2.26. The maximum atomic E-state index is 10.9. The quantitative estimate of drug-likeness (QED) is 0.821. The molecule has 1 atom stereocenters. The summed E-state index contributed by atoms with van der Waals surface area (Å²) in [6.45, 7) is 3.35. The van der Waals surface area contributed by atoms with E-state index < -0.39 is 5.97 Å². The highest BCUT2D eigenvalue weighted by molar-refractivity contribution is 7.15. The Morgan fingerprint density at radius 1 is 1.60 bits per heavy atom. The number of carboxylic acids is 1. The van der Waals surface area contributed by atoms with E-state index in [1.807, 2.05) is 11.8 Å². The van der Waals surface area contributed by atoms with Gasteiger partial charge >= 0.3 is 5.97 Å². The fourth-order valence-corrected chi connectivity index (χ4v) is 2.49. The average molecular weight is 227 g/mol. The van der Waals surface area contributed by atoms with Crippen molar-refractivity contribution in [1.29, 1.82) is 0 Å². The summed E-state index contributed by atoms with van der Waals surface area (Å²) < 4.78 is 0. The molecule has 15 heavy (non-hydrogen) atoms. The third-order valence-corrected chi connectivity index (χ3v) is 3.46. The van der Waals surface area contributed by atoms with Crippen molar-refractivity contribution < 1.29 is 9.90 Å². The van der Waals surface area contributed by atoms with Gasteiger partial charge in [-0.25, -0.2) is 0 Å². The minimum Gasteiger partial charge on any atom is -0.481 e. The summed E-state index contributed by atoms with van der Waals surface area (Å²) in [6, 6.07) is 0. The maximum Gasteiger partial charge on any atom is 0.308 e. The lowest BCUT2D eigenvalue weighted by atomic mass is 9.99. The van der Waals surface area contributed by atoms with Gasteiger partial charge in [-0.1, -0.05) is 11.3 Å². The Bertz CT molecular complexity index is 366. The molecule has 1 fully saturated rings. The summed E-state index contributed by atoms with van der Waals surface area (Å²) in [4.78, 5) is 12.9. The molecule has 1 N–H and O–H groups in total. The van der Waals surface area contributed by atoms with Crippen LogP contribution in [0.5, 0.6) is 0 Å². The molecule has 2 rings (SSSR count). The Hall–Kier alpha value is -1.17. The third kappa shape index (κ3) is 2.26. The predicted molar refractivity (Wildman–Crippen MR) is 57.2 cm³/mol. The number of aliphatic carboxylic acids is 1. The lowest BCUT2D eigenvalue weighted by molar-refractivity contribution is -0.141. The van der Waals surface area contributed by atoms with Crippen LogP contribution in [-0.2, 0) is 4.79 Å². The number of nitrogens with zero attached hydrogens (tertiary/aromatic N) is 3. The number of carboxylic acid groups (broad SMARTS) is 1. The van der Waals surface area contributed by atoms with E-state index in [0.717, 1.165) is 29.5 Å². The number of hydrogen-bond acceptors (Lipinski definition) is 5. The van der Waals surface area contributed by atoms with E-state index in [1.54, 1.807) is 0 Å². The fourth-order valence-electron chi connectivity index (χ4n) is 1.77. The normalized spacial score (nSPS) is 21.7. The number of hydrogen-bond donors (Lipinski definition) is 1. The number of carbonyl (C=O) groups is 1. The summed E-state index contributed by atoms with van der Waals surface area (Å²) in [5.74, 6) is -0.969. The zero-order valence-electron chi connectivity index (χ0n) is 8.51. The van der Waals surface area contributed by atoms with Crippen LogP contribution >= 0.6 is 11.3 Å². The van der Waals surface area contributed by atoms with Crippen molar-refractivity contribution >= 4 is 22.4 Å². The third-order valence-electron chi connectivity index (χ3n) is 2.56. The lowest BCUT2D eigenvalue weighted by Crippen LogP contribution is -2.38. The van der Waals surface area contributed by atoms with Crippen LogP contribution in [0.3, 0.4) is 0 Å². The van der Waals surface area contributed by atoms with Crippen LogP contribution in [0, 0.1) is 12.8 Å². The van der Waals surface area contributed by atoms with E-state index in [4.69, 9.17) is 5.11 Å². The first-order valence-corrected chi connectivity index (χ1v) is 5.76. The highest BCUT2D eigenvalue weighted by Crippen LogP contribution is 2.25. The lowest BCUT2D eigenvalue weighted by Gasteiger charge is -2.29. The van der Waals surface area contributed by atoms with E-state index in [2.05, 4.69) is 10.2 Å². The standard InChI is InChI=1S/C9H13N3O2S/c1-6-10-11-9(15-6)12-4-2-3-7(5-12)8(13)14/h7H,2-5H2,1H3,(H,13,14). The topological polar surface area (TPSA) is 66.3 Å². The second kappa shape index (κ2) is 4.14. The summed E-state index contributed by atoms with van der Waals surface area (Å²) in [6.07, 6.45) is 1.68. The Morgan fingerprint density at radius 2 is 2.40 bits per heavy atom. The molecule has 1 aromatic heterocycles. The van der Waals surface area contributed by atoms with E-state index >= 15 is 0 Å². The van der Waals surface area contributed by atoms with Crippen LogP contribution < -0.4 is 4.90 Å². The molecule has 5 nitrogen and oxygen atoms in total. The maximum absolute atomic E-state index is 10.9. The first kappa shape index (κ1) is 10.4. The van der Waals surface area contributed by atoms with Crippen molar-refractivity contribution in [3.63, 3.8) is 0 Å². The zero-order valence-corrected chi connectivity index (χ0v) is 9.33. The molecule has 1 aliphatic heterocycles. The molecule has 0 radical (unpaired) electrons. The van der Waals surface area contributed by atoms with Gasteiger partial charge in [0.05, 0.1) is 5.92 Å². The van der Waals surface area contributed by atoms with Crippen molar-refractivity contribution in [2.45, 2.75) is 19.8 Å². The summed E-state index contributed by atoms with van der Waals surface area (Å²) in [5, 5.41) is 18.7. The van der Waals surface area contributed by atoms with Crippen LogP contribution in [0.4, 0.5) is 5.13 Å². The first-order chi connectivity index (χ1) is 7.16. The van der Waals surface area contributed by atoms with Gasteiger partial charge in [-0.2, -0.15) is 0 Å². The Labute approximate surface area is 91.7 Å². The van der Waals surface area contributed by atoms with Crippen LogP contribution in [0.1, 0.15) is 17.8 Å². The summed E-state index contributed by atoms with van der Waals surface area (Å²) in [7, 11) is 0. The second-order valence-corrected chi connectivity index (χ2v) is 4.89. The van der Waals surface area contributed by atoms with Gasteiger partial charge in [-0.05, 0) is 19.8 Å². The Kier molecular flexibility index (Phi) is 2.86. The molecule has 1 aromatic rings. The van der Waals surface area contributed by atoms with Crippen molar-refractivity contribution in [2.75, 3.05) is 18.0 Å². The van der Waals surface area contributed by atoms with Crippen molar-refractivity contribution in [1.82, 2.24) is 10.2 Å². The SMILES string of the molecule is Cc1nnc(N2CCCC(C(=O)O)C2)s1. The number of aromatic nitrogens is 2. The van der Waals surface area contributed by atoms with Crippen LogP contribution in [0.2, 0.25) is 0 Å². The molecule has 0 bridgehead atoms. The van der Waals surface area contributed by atoms with E-state index in [1.165, 1.54) is 11.3 Å². The van der Waals surface area contributed by atoms with E-state index in [0.29, 0.717) is 6.54 Å². The van der Waals surface area contributed by atoms with Crippen molar-refractivity contribution in [2.24, 2.45) is 5.92 Å². The van der Waals surface area contributed by atoms with Gasteiger partial charge in [-0.15, -0.1) is 10.2 Å². The fraction of sp³-hybridized carbons (Fsp3) is 0.667. The molecule has 1 saturated heterocycles. The summed E-state index contributed by atoms with van der Waals surface area (Å²) in [5.41, 5.74) is 0. The highest BCUT2D eigenvalue weighted by atomic mass is 32.1. The minimum absolute atomic E-state index is 0.261. The number of anilines is 1. The van der Waals surface area contributed by atoms with Gasteiger partial charge in [0, 0.05) is 13.1 Å². The monoisotopic (exact) mass is 227 g/mol. The molecule has 0 spiro atoms. The first-order valence-electron chi connectivity index (χ1n) is 4.94. The average Bonchev–Trinajstić information content (AvgIpc) is 2.65. The molecule has 0 saturated carbocycles. The molecular formula is C9H13N3O2S. The molecule has 1 unspecified atom stereocenters. The van der Waals surface area contributed by atoms with E-state index in [-0.39, 0.29) is 5.92 Å². The molecular weight excluding hydrogens is 214 g/mol. The zero-order chi connectivity index (χ0) is 10.8. The molecule has 2 heterocycles. The van der Waals surface area contributed by atoms with Gasteiger partial charge in [0.2, 0.25) is 5.13 Å². The Morgan fingerprint density at radius 3 is 3.00 bits per heavy atom. The molecule has 0 aliphatic carbocycles. The van der Waals surface area contributed by atoms with E-state index in [9.17, 15) is 4.79 Å². The van der Waals surface area contributed by atoms with Gasteiger partial charge in [0.1, 0.15) is 5.01 Å². The van der Waals surface area contributed by atoms with Crippen LogP contribution in [0.15, 0.2) is 0 Å². The van der Waals surface area contributed by atoms with Crippen LogP contribution in [0.25, 0.3) is 0 Å². The summed E-state index contributed by atoms with van der Waals surface area (Å²) >= 11 is 1.52. The molecule has 0 aromatic carbocycles. The van der Waals surface area contributed by atoms with Crippen LogP contribution in [-0.4, -0.2) is 34.4 Å².